The van der Waals surface area contributed by atoms with Gasteiger partial charge in [-0.1, -0.05) is 6.07 Å². The number of hydrogen-bond acceptors (Lipinski definition) is 4. The van der Waals surface area contributed by atoms with Crippen molar-refractivity contribution >= 4 is 11.9 Å². The lowest BCUT2D eigenvalue weighted by Crippen LogP contribution is -2.47. The van der Waals surface area contributed by atoms with Gasteiger partial charge in [0.25, 0.3) is 5.91 Å². The Bertz CT molecular complexity index is 528. The molecule has 20 heavy (non-hydrogen) atoms. The monoisotopic (exact) mass is 278 g/mol. The summed E-state index contributed by atoms with van der Waals surface area (Å²) in [6, 6.07) is 4.03. The third-order valence-corrected chi connectivity index (χ3v) is 3.39. The Morgan fingerprint density at radius 2 is 2.10 bits per heavy atom. The topological polar surface area (TPSA) is 98.7 Å². The Morgan fingerprint density at radius 1 is 1.35 bits per heavy atom. The van der Waals surface area contributed by atoms with Crippen LogP contribution in [0.25, 0.3) is 0 Å². The fourth-order valence-corrected chi connectivity index (χ4v) is 2.23. The van der Waals surface area contributed by atoms with Gasteiger partial charge < -0.3 is 20.8 Å². The van der Waals surface area contributed by atoms with Crippen molar-refractivity contribution in [2.24, 2.45) is 0 Å². The van der Waals surface area contributed by atoms with E-state index in [1.165, 1.54) is 12.5 Å². The number of nitrogens with one attached hydrogen (secondary N) is 2. The minimum atomic E-state index is -1.31. The van der Waals surface area contributed by atoms with Crippen molar-refractivity contribution in [2.75, 3.05) is 6.54 Å². The van der Waals surface area contributed by atoms with Gasteiger partial charge in [-0.3, -0.25) is 4.79 Å². The predicted molar refractivity (Wildman–Crippen MR) is 72.4 cm³/mol. The summed E-state index contributed by atoms with van der Waals surface area (Å²) in [6.45, 7) is 2.95. The van der Waals surface area contributed by atoms with Gasteiger partial charge in [0, 0.05) is 12.1 Å². The van der Waals surface area contributed by atoms with Crippen LogP contribution in [0.1, 0.15) is 28.4 Å². The van der Waals surface area contributed by atoms with Gasteiger partial charge in [0.1, 0.15) is 0 Å². The summed E-state index contributed by atoms with van der Waals surface area (Å²) in [5.74, 6) is -1.75. The van der Waals surface area contributed by atoms with Crippen LogP contribution < -0.4 is 10.6 Å². The number of aliphatic carboxylic acids is 1. The van der Waals surface area contributed by atoms with E-state index in [9.17, 15) is 14.7 Å². The van der Waals surface area contributed by atoms with Crippen LogP contribution >= 0.6 is 0 Å². The van der Waals surface area contributed by atoms with Gasteiger partial charge >= 0.3 is 5.97 Å². The van der Waals surface area contributed by atoms with Gasteiger partial charge in [-0.25, -0.2) is 4.79 Å². The van der Waals surface area contributed by atoms with Crippen LogP contribution in [0.5, 0.6) is 0 Å². The molecular weight excluding hydrogens is 260 g/mol. The second-order valence-corrected chi connectivity index (χ2v) is 4.94. The molecule has 0 aromatic heterocycles. The third kappa shape index (κ3) is 3.15. The Hall–Kier alpha value is -1.92. The molecule has 1 aromatic rings. The van der Waals surface area contributed by atoms with Crippen LogP contribution in [-0.2, 0) is 17.8 Å². The smallest absolute Gasteiger partial charge is 0.328 e. The van der Waals surface area contributed by atoms with Crippen molar-refractivity contribution in [1.29, 1.82) is 0 Å². The molecule has 0 aliphatic carbocycles. The molecule has 0 bridgehead atoms. The Kier molecular flexibility index (Phi) is 4.36. The summed E-state index contributed by atoms with van der Waals surface area (Å²) in [5.41, 5.74) is 2.65. The molecule has 2 rings (SSSR count). The van der Waals surface area contributed by atoms with E-state index in [2.05, 4.69) is 10.6 Å². The van der Waals surface area contributed by atoms with Crippen LogP contribution in [-0.4, -0.2) is 40.8 Å². The van der Waals surface area contributed by atoms with E-state index in [0.29, 0.717) is 12.1 Å². The van der Waals surface area contributed by atoms with Gasteiger partial charge in [-0.15, -0.1) is 0 Å². The Labute approximate surface area is 116 Å². The molecule has 2 unspecified atom stereocenters. The van der Waals surface area contributed by atoms with E-state index in [4.69, 9.17) is 5.11 Å². The summed E-state index contributed by atoms with van der Waals surface area (Å²) < 4.78 is 0. The summed E-state index contributed by atoms with van der Waals surface area (Å²) in [5, 5.41) is 23.9. The first-order valence-electron chi connectivity index (χ1n) is 6.53. The van der Waals surface area contributed by atoms with E-state index in [1.54, 1.807) is 12.1 Å². The minimum absolute atomic E-state index is 0.402. The fourth-order valence-electron chi connectivity index (χ4n) is 2.23. The molecular formula is C14H18N2O4. The average Bonchev–Trinajstić information content (AvgIpc) is 2.43. The number of aliphatic hydroxyl groups is 1. The van der Waals surface area contributed by atoms with E-state index >= 15 is 0 Å². The number of carboxylic acids is 1. The summed E-state index contributed by atoms with van der Waals surface area (Å²) in [7, 11) is 0. The highest BCUT2D eigenvalue weighted by Gasteiger charge is 2.25. The molecule has 4 N–H and O–H groups in total. The van der Waals surface area contributed by atoms with Crippen LogP contribution in [0, 0.1) is 0 Å². The van der Waals surface area contributed by atoms with E-state index in [0.717, 1.165) is 18.5 Å². The lowest BCUT2D eigenvalue weighted by molar-refractivity contribution is -0.141. The highest BCUT2D eigenvalue weighted by atomic mass is 16.4. The van der Waals surface area contributed by atoms with Crippen molar-refractivity contribution in [3.63, 3.8) is 0 Å². The fraction of sp³-hybridized carbons (Fsp3) is 0.429. The lowest BCUT2D eigenvalue weighted by Gasteiger charge is -2.19. The highest BCUT2D eigenvalue weighted by molar-refractivity contribution is 5.97. The average molecular weight is 278 g/mol. The van der Waals surface area contributed by atoms with E-state index in [1.807, 2.05) is 6.07 Å². The molecule has 1 aliphatic rings. The molecule has 0 fully saturated rings. The van der Waals surface area contributed by atoms with Crippen LogP contribution in [0.2, 0.25) is 0 Å². The standard InChI is InChI=1S/C14H18N2O4/c1-8(17)12(14(19)20)16-13(18)10-3-2-9-4-5-15-7-11(9)6-10/h2-3,6,8,12,15,17H,4-5,7H2,1H3,(H,16,18)(H,19,20). The number of rotatable bonds is 4. The Morgan fingerprint density at radius 3 is 2.75 bits per heavy atom. The molecule has 108 valence electrons. The van der Waals surface area contributed by atoms with Gasteiger partial charge in [-0.05, 0) is 43.1 Å². The number of fused-ring (bicyclic) bond motifs is 1. The number of carbonyl (C=O) groups excluding carboxylic acids is 1. The number of carbonyl (C=O) groups is 2. The number of hydrogen-bond donors (Lipinski definition) is 4. The largest absolute Gasteiger partial charge is 0.480 e. The zero-order chi connectivity index (χ0) is 14.7. The molecule has 6 nitrogen and oxygen atoms in total. The predicted octanol–water partition coefficient (Wildman–Crippen LogP) is -0.104. The van der Waals surface area contributed by atoms with Crippen molar-refractivity contribution in [2.45, 2.75) is 32.0 Å². The first kappa shape index (κ1) is 14.5. The van der Waals surface area contributed by atoms with Crippen molar-refractivity contribution in [3.8, 4) is 0 Å². The lowest BCUT2D eigenvalue weighted by atomic mass is 9.98. The molecule has 1 amide bonds. The quantitative estimate of drug-likeness (QED) is 0.616. The first-order valence-corrected chi connectivity index (χ1v) is 6.53. The summed E-state index contributed by atoms with van der Waals surface area (Å²) >= 11 is 0. The first-order chi connectivity index (χ1) is 9.49. The van der Waals surface area contributed by atoms with Crippen molar-refractivity contribution in [3.05, 3.63) is 34.9 Å². The molecule has 0 saturated carbocycles. The van der Waals surface area contributed by atoms with Gasteiger partial charge in [-0.2, -0.15) is 0 Å². The van der Waals surface area contributed by atoms with Crippen molar-refractivity contribution in [1.82, 2.24) is 10.6 Å². The maximum atomic E-state index is 12.0. The molecule has 6 heteroatoms. The van der Waals surface area contributed by atoms with E-state index < -0.39 is 24.0 Å². The second-order valence-electron chi connectivity index (χ2n) is 4.94. The third-order valence-electron chi connectivity index (χ3n) is 3.39. The number of amides is 1. The number of carboxylic acid groups (broad SMARTS) is 1. The van der Waals surface area contributed by atoms with Crippen molar-refractivity contribution < 1.29 is 19.8 Å². The summed E-state index contributed by atoms with van der Waals surface area (Å²) in [6.07, 6.45) is -0.237. The van der Waals surface area contributed by atoms with Crippen LogP contribution in [0.3, 0.4) is 0 Å². The molecule has 0 radical (unpaired) electrons. The molecule has 0 spiro atoms. The molecule has 2 atom stereocenters. The molecule has 1 aromatic carbocycles. The van der Waals surface area contributed by atoms with Crippen LogP contribution in [0.15, 0.2) is 18.2 Å². The normalized spacial score (nSPS) is 16.9. The zero-order valence-corrected chi connectivity index (χ0v) is 11.2. The Balaban J connectivity index is 2.15. The highest BCUT2D eigenvalue weighted by Crippen LogP contribution is 2.16. The number of aliphatic hydroxyl groups excluding tert-OH is 1. The maximum Gasteiger partial charge on any atom is 0.328 e. The molecule has 0 saturated heterocycles. The van der Waals surface area contributed by atoms with Gasteiger partial charge in [0.05, 0.1) is 6.10 Å². The SMILES string of the molecule is CC(O)C(NC(=O)c1ccc2c(c1)CNCC2)C(=O)O. The van der Waals surface area contributed by atoms with Gasteiger partial charge in [0.15, 0.2) is 6.04 Å². The van der Waals surface area contributed by atoms with E-state index in [-0.39, 0.29) is 0 Å². The number of benzene rings is 1. The van der Waals surface area contributed by atoms with Gasteiger partial charge in [0.2, 0.25) is 0 Å². The molecule has 1 aliphatic heterocycles. The summed E-state index contributed by atoms with van der Waals surface area (Å²) in [4.78, 5) is 23.0. The van der Waals surface area contributed by atoms with Crippen LogP contribution in [0.4, 0.5) is 0 Å². The maximum absolute atomic E-state index is 12.0. The minimum Gasteiger partial charge on any atom is -0.480 e. The second kappa shape index (κ2) is 6.02. The molecule has 1 heterocycles. The zero-order valence-electron chi connectivity index (χ0n) is 11.2.